The zero-order chi connectivity index (χ0) is 14.6. The predicted molar refractivity (Wildman–Crippen MR) is 79.5 cm³/mol. The van der Waals surface area contributed by atoms with Crippen LogP contribution in [0.4, 0.5) is 4.39 Å². The summed E-state index contributed by atoms with van der Waals surface area (Å²) in [5.74, 6) is 0.0589. The maximum Gasteiger partial charge on any atom is 0.123 e. The summed E-state index contributed by atoms with van der Waals surface area (Å²) in [5, 5.41) is 0. The first-order valence-electron chi connectivity index (χ1n) is 7.05. The van der Waals surface area contributed by atoms with Gasteiger partial charge in [0.1, 0.15) is 5.82 Å². The maximum atomic E-state index is 13.1. The van der Waals surface area contributed by atoms with Crippen LogP contribution in [0.3, 0.4) is 0 Å². The zero-order valence-electron chi connectivity index (χ0n) is 12.8. The molecule has 1 rings (SSSR count). The Balaban J connectivity index is 3.25. The molecule has 0 saturated heterocycles. The van der Waals surface area contributed by atoms with E-state index in [1.807, 2.05) is 12.1 Å². The summed E-state index contributed by atoms with van der Waals surface area (Å²) in [6.07, 6.45) is 2.11. The fourth-order valence-electron chi connectivity index (χ4n) is 2.85. The van der Waals surface area contributed by atoms with E-state index in [4.69, 9.17) is 5.73 Å². The second-order valence-corrected chi connectivity index (χ2v) is 5.86. The molecule has 0 amide bonds. The van der Waals surface area contributed by atoms with Gasteiger partial charge < -0.3 is 10.6 Å². The second-order valence-electron chi connectivity index (χ2n) is 5.86. The molecule has 0 bridgehead atoms. The minimum absolute atomic E-state index is 0.216. The van der Waals surface area contributed by atoms with Gasteiger partial charge in [-0.05, 0) is 44.1 Å². The van der Waals surface area contributed by atoms with Crippen molar-refractivity contribution in [3.8, 4) is 0 Å². The summed E-state index contributed by atoms with van der Waals surface area (Å²) in [6, 6.07) is 6.88. The lowest BCUT2D eigenvalue weighted by molar-refractivity contribution is 0.122. The van der Waals surface area contributed by atoms with Crippen LogP contribution in [0.25, 0.3) is 0 Å². The van der Waals surface area contributed by atoms with Gasteiger partial charge in [0.15, 0.2) is 0 Å². The Morgan fingerprint density at radius 2 is 1.74 bits per heavy atom. The SMILES string of the molecule is CCCC(N(C)C)C(N)(c1ccc(F)cc1)C(C)C. The molecule has 0 aliphatic carbocycles. The highest BCUT2D eigenvalue weighted by Gasteiger charge is 2.40. The normalized spacial score (nSPS) is 16.7. The molecule has 108 valence electrons. The van der Waals surface area contributed by atoms with Crippen molar-refractivity contribution in [3.05, 3.63) is 35.6 Å². The number of halogens is 1. The third kappa shape index (κ3) is 3.34. The van der Waals surface area contributed by atoms with Gasteiger partial charge in [-0.1, -0.05) is 39.3 Å². The Morgan fingerprint density at radius 1 is 1.21 bits per heavy atom. The van der Waals surface area contributed by atoms with Crippen molar-refractivity contribution in [1.29, 1.82) is 0 Å². The molecule has 2 nitrogen and oxygen atoms in total. The summed E-state index contributed by atoms with van der Waals surface area (Å²) >= 11 is 0. The number of benzene rings is 1. The molecular weight excluding hydrogens is 239 g/mol. The van der Waals surface area contributed by atoms with Crippen LogP contribution >= 0.6 is 0 Å². The Morgan fingerprint density at radius 3 is 2.11 bits per heavy atom. The molecule has 1 aromatic carbocycles. The molecule has 0 spiro atoms. The number of likely N-dealkylation sites (N-methyl/N-ethyl adjacent to an activating group) is 1. The van der Waals surface area contributed by atoms with Crippen LogP contribution in [0.2, 0.25) is 0 Å². The predicted octanol–water partition coefficient (Wildman–Crippen LogP) is 3.37. The lowest BCUT2D eigenvalue weighted by Gasteiger charge is -2.45. The second kappa shape index (κ2) is 6.49. The number of hydrogen-bond donors (Lipinski definition) is 1. The molecule has 2 unspecified atom stereocenters. The van der Waals surface area contributed by atoms with E-state index in [2.05, 4.69) is 39.8 Å². The maximum absolute atomic E-state index is 13.1. The fourth-order valence-corrected chi connectivity index (χ4v) is 2.85. The van der Waals surface area contributed by atoms with Gasteiger partial charge in [-0.2, -0.15) is 0 Å². The quantitative estimate of drug-likeness (QED) is 0.855. The highest BCUT2D eigenvalue weighted by molar-refractivity contribution is 5.28. The van der Waals surface area contributed by atoms with Gasteiger partial charge in [0, 0.05) is 6.04 Å². The Bertz CT molecular complexity index is 386. The van der Waals surface area contributed by atoms with Gasteiger partial charge in [0.25, 0.3) is 0 Å². The number of rotatable bonds is 6. The molecule has 19 heavy (non-hydrogen) atoms. The van der Waals surface area contributed by atoms with Crippen LogP contribution < -0.4 is 5.73 Å². The number of nitrogens with zero attached hydrogens (tertiary/aromatic N) is 1. The first-order valence-corrected chi connectivity index (χ1v) is 7.05. The van der Waals surface area contributed by atoms with Crippen LogP contribution in [0.5, 0.6) is 0 Å². The number of nitrogens with two attached hydrogens (primary N) is 1. The molecule has 0 aliphatic rings. The monoisotopic (exact) mass is 266 g/mol. The first-order chi connectivity index (χ1) is 8.83. The highest BCUT2D eigenvalue weighted by atomic mass is 19.1. The summed E-state index contributed by atoms with van der Waals surface area (Å²) in [7, 11) is 4.13. The van der Waals surface area contributed by atoms with Gasteiger partial charge in [-0.3, -0.25) is 0 Å². The summed E-state index contributed by atoms with van der Waals surface area (Å²) < 4.78 is 13.1. The van der Waals surface area contributed by atoms with Crippen molar-refractivity contribution < 1.29 is 4.39 Å². The van der Waals surface area contributed by atoms with E-state index in [1.165, 1.54) is 12.1 Å². The van der Waals surface area contributed by atoms with Crippen molar-refractivity contribution in [2.24, 2.45) is 11.7 Å². The third-order valence-corrected chi connectivity index (χ3v) is 4.04. The smallest absolute Gasteiger partial charge is 0.123 e. The van der Waals surface area contributed by atoms with Crippen molar-refractivity contribution in [2.75, 3.05) is 14.1 Å². The van der Waals surface area contributed by atoms with Crippen LogP contribution in [0.15, 0.2) is 24.3 Å². The minimum atomic E-state index is -0.465. The van der Waals surface area contributed by atoms with Gasteiger partial charge in [0.2, 0.25) is 0 Å². The van der Waals surface area contributed by atoms with Crippen LogP contribution in [-0.2, 0) is 5.54 Å². The average Bonchev–Trinajstić information content (AvgIpc) is 2.35. The van der Waals surface area contributed by atoms with Gasteiger partial charge in [-0.25, -0.2) is 4.39 Å². The van der Waals surface area contributed by atoms with Crippen LogP contribution in [0.1, 0.15) is 39.2 Å². The lowest BCUT2D eigenvalue weighted by Crippen LogP contribution is -2.57. The first kappa shape index (κ1) is 16.1. The summed E-state index contributed by atoms with van der Waals surface area (Å²) in [5.41, 5.74) is 7.32. The van der Waals surface area contributed by atoms with E-state index in [-0.39, 0.29) is 17.8 Å². The molecule has 0 aromatic heterocycles. The van der Waals surface area contributed by atoms with E-state index in [1.54, 1.807) is 0 Å². The van der Waals surface area contributed by atoms with Crippen molar-refractivity contribution in [2.45, 2.75) is 45.2 Å². The van der Waals surface area contributed by atoms with E-state index in [0.29, 0.717) is 0 Å². The molecular formula is C16H27FN2. The molecule has 0 saturated carbocycles. The van der Waals surface area contributed by atoms with Crippen molar-refractivity contribution in [1.82, 2.24) is 4.90 Å². The van der Waals surface area contributed by atoms with E-state index in [9.17, 15) is 4.39 Å². The zero-order valence-corrected chi connectivity index (χ0v) is 12.8. The minimum Gasteiger partial charge on any atom is -0.320 e. The summed E-state index contributed by atoms with van der Waals surface area (Å²) in [4.78, 5) is 2.19. The Hall–Kier alpha value is -0.930. The molecule has 2 N–H and O–H groups in total. The standard InChI is InChI=1S/C16H27FN2/c1-6-7-15(19(4)5)16(18,12(2)3)13-8-10-14(17)11-9-13/h8-12,15H,6-7,18H2,1-5H3. The van der Waals surface area contributed by atoms with Crippen molar-refractivity contribution >= 4 is 0 Å². The lowest BCUT2D eigenvalue weighted by atomic mass is 9.73. The van der Waals surface area contributed by atoms with Crippen LogP contribution in [-0.4, -0.2) is 25.0 Å². The summed E-state index contributed by atoms with van der Waals surface area (Å²) in [6.45, 7) is 6.44. The topological polar surface area (TPSA) is 29.3 Å². The van der Waals surface area contributed by atoms with Crippen molar-refractivity contribution in [3.63, 3.8) is 0 Å². The average molecular weight is 266 g/mol. The van der Waals surface area contributed by atoms with E-state index in [0.717, 1.165) is 18.4 Å². The molecule has 0 fully saturated rings. The van der Waals surface area contributed by atoms with Gasteiger partial charge >= 0.3 is 0 Å². The molecule has 3 heteroatoms. The molecule has 2 atom stereocenters. The number of hydrogen-bond acceptors (Lipinski definition) is 2. The van der Waals surface area contributed by atoms with E-state index >= 15 is 0 Å². The van der Waals surface area contributed by atoms with Crippen LogP contribution in [0, 0.1) is 11.7 Å². The Kier molecular flexibility index (Phi) is 5.50. The Labute approximate surface area is 116 Å². The molecule has 1 aromatic rings. The molecule has 0 aliphatic heterocycles. The molecule has 0 radical (unpaired) electrons. The van der Waals surface area contributed by atoms with Gasteiger partial charge in [-0.15, -0.1) is 0 Å². The largest absolute Gasteiger partial charge is 0.320 e. The van der Waals surface area contributed by atoms with Gasteiger partial charge in [0.05, 0.1) is 5.54 Å². The third-order valence-electron chi connectivity index (χ3n) is 4.04. The molecule has 0 heterocycles. The van der Waals surface area contributed by atoms with E-state index < -0.39 is 5.54 Å². The highest BCUT2D eigenvalue weighted by Crippen LogP contribution is 2.34. The fraction of sp³-hybridized carbons (Fsp3) is 0.625.